The van der Waals surface area contributed by atoms with Crippen molar-refractivity contribution in [2.45, 2.75) is 13.0 Å². The number of nitrogens with zero attached hydrogens (tertiary/aromatic N) is 1. The summed E-state index contributed by atoms with van der Waals surface area (Å²) < 4.78 is 10.8. The summed E-state index contributed by atoms with van der Waals surface area (Å²) in [6.07, 6.45) is 1.50. The van der Waals surface area contributed by atoms with Crippen molar-refractivity contribution < 1.29 is 13.9 Å². The zero-order valence-corrected chi connectivity index (χ0v) is 17.1. The Morgan fingerprint density at radius 3 is 2.68 bits per heavy atom. The molecule has 2 aromatic heterocycles. The molecule has 1 unspecified atom stereocenters. The molecule has 28 heavy (non-hydrogen) atoms. The van der Waals surface area contributed by atoms with Crippen molar-refractivity contribution in [3.05, 3.63) is 75.5 Å². The van der Waals surface area contributed by atoms with E-state index in [0.29, 0.717) is 18.2 Å². The molecule has 4 rings (SSSR count). The number of hydrogen-bond acceptors (Lipinski definition) is 5. The number of carbonyl (C=O) groups excluding carboxylic acids is 1. The highest BCUT2D eigenvalue weighted by molar-refractivity contribution is 7.16. The van der Waals surface area contributed by atoms with E-state index in [-0.39, 0.29) is 17.7 Å². The smallest absolute Gasteiger partial charge is 0.291 e. The van der Waals surface area contributed by atoms with Gasteiger partial charge in [-0.05, 0) is 36.8 Å². The van der Waals surface area contributed by atoms with Crippen molar-refractivity contribution in [2.24, 2.45) is 0 Å². The standard InChI is InChI=1S/C21H21ClN2O3S/c1-14-13-16(21(28-14)23-20(25)18-7-4-10-27-18)19(24-8-11-26-12-9-24)15-5-2-3-6-17(15)22/h2-7,10,13,19H,8-9,11-12H2,1H3,(H,23,25). The largest absolute Gasteiger partial charge is 0.459 e. The Bertz CT molecular complexity index is 948. The fourth-order valence-corrected chi connectivity index (χ4v) is 4.68. The van der Waals surface area contributed by atoms with Gasteiger partial charge in [-0.2, -0.15) is 0 Å². The van der Waals surface area contributed by atoms with Crippen LogP contribution < -0.4 is 5.32 Å². The van der Waals surface area contributed by atoms with Crippen LogP contribution in [-0.2, 0) is 4.74 Å². The maximum absolute atomic E-state index is 12.6. The maximum Gasteiger partial charge on any atom is 0.291 e. The summed E-state index contributed by atoms with van der Waals surface area (Å²) in [5.41, 5.74) is 2.06. The first-order valence-corrected chi connectivity index (χ1v) is 10.3. The van der Waals surface area contributed by atoms with Crippen molar-refractivity contribution in [1.82, 2.24) is 4.90 Å². The van der Waals surface area contributed by atoms with Gasteiger partial charge in [0.1, 0.15) is 5.00 Å². The second-order valence-electron chi connectivity index (χ2n) is 6.65. The number of carbonyl (C=O) groups is 1. The number of aryl methyl sites for hydroxylation is 1. The van der Waals surface area contributed by atoms with Crippen LogP contribution in [0.3, 0.4) is 0 Å². The molecular weight excluding hydrogens is 396 g/mol. The lowest BCUT2D eigenvalue weighted by Gasteiger charge is -2.35. The van der Waals surface area contributed by atoms with Gasteiger partial charge in [0.25, 0.3) is 5.91 Å². The molecule has 0 saturated carbocycles. The third kappa shape index (κ3) is 4.00. The van der Waals surface area contributed by atoms with Gasteiger partial charge in [-0.1, -0.05) is 29.8 Å². The van der Waals surface area contributed by atoms with Crippen LogP contribution in [0.2, 0.25) is 5.02 Å². The quantitative estimate of drug-likeness (QED) is 0.637. The highest BCUT2D eigenvalue weighted by atomic mass is 35.5. The lowest BCUT2D eigenvalue weighted by molar-refractivity contribution is 0.0241. The molecule has 1 aliphatic heterocycles. The Balaban J connectivity index is 1.74. The molecule has 0 radical (unpaired) electrons. The minimum Gasteiger partial charge on any atom is -0.459 e. The summed E-state index contributed by atoms with van der Waals surface area (Å²) in [4.78, 5) is 16.1. The Morgan fingerprint density at radius 2 is 1.96 bits per heavy atom. The van der Waals surface area contributed by atoms with Gasteiger partial charge in [0.15, 0.2) is 5.76 Å². The predicted molar refractivity (Wildman–Crippen MR) is 111 cm³/mol. The van der Waals surface area contributed by atoms with E-state index in [2.05, 4.69) is 16.3 Å². The monoisotopic (exact) mass is 416 g/mol. The zero-order chi connectivity index (χ0) is 19.5. The van der Waals surface area contributed by atoms with Crippen LogP contribution in [0.1, 0.15) is 32.6 Å². The minimum absolute atomic E-state index is 0.0607. The van der Waals surface area contributed by atoms with Gasteiger partial charge < -0.3 is 14.5 Å². The van der Waals surface area contributed by atoms with Crippen LogP contribution in [0.4, 0.5) is 5.00 Å². The lowest BCUT2D eigenvalue weighted by atomic mass is 9.97. The number of furan rings is 1. The van der Waals surface area contributed by atoms with E-state index < -0.39 is 0 Å². The number of ether oxygens (including phenoxy) is 1. The van der Waals surface area contributed by atoms with Crippen molar-refractivity contribution in [3.63, 3.8) is 0 Å². The SMILES string of the molecule is Cc1cc(C(c2ccccc2Cl)N2CCOCC2)c(NC(=O)c2ccco2)s1. The van der Waals surface area contributed by atoms with Gasteiger partial charge in [0.2, 0.25) is 0 Å². The third-order valence-corrected chi connectivity index (χ3v) is 6.09. The number of morpholine rings is 1. The molecule has 3 heterocycles. The van der Waals surface area contributed by atoms with Crippen LogP contribution in [0, 0.1) is 6.92 Å². The molecule has 1 atom stereocenters. The van der Waals surface area contributed by atoms with Gasteiger partial charge in [-0.15, -0.1) is 11.3 Å². The van der Waals surface area contributed by atoms with Gasteiger partial charge in [-0.3, -0.25) is 9.69 Å². The number of amides is 1. The van der Waals surface area contributed by atoms with Crippen molar-refractivity contribution in [3.8, 4) is 0 Å². The highest BCUT2D eigenvalue weighted by Gasteiger charge is 2.29. The van der Waals surface area contributed by atoms with Gasteiger partial charge >= 0.3 is 0 Å². The van der Waals surface area contributed by atoms with E-state index in [0.717, 1.165) is 34.1 Å². The fraction of sp³-hybridized carbons (Fsp3) is 0.286. The molecule has 1 aliphatic rings. The second kappa shape index (κ2) is 8.49. The van der Waals surface area contributed by atoms with Crippen LogP contribution in [0.5, 0.6) is 0 Å². The van der Waals surface area contributed by atoms with E-state index in [4.69, 9.17) is 20.8 Å². The first kappa shape index (κ1) is 19.2. The molecule has 146 valence electrons. The van der Waals surface area contributed by atoms with E-state index >= 15 is 0 Å². The van der Waals surface area contributed by atoms with Crippen molar-refractivity contribution in [2.75, 3.05) is 31.6 Å². The van der Waals surface area contributed by atoms with Crippen molar-refractivity contribution >= 4 is 33.8 Å². The summed E-state index contributed by atoms with van der Waals surface area (Å²) in [6, 6.07) is 13.3. The topological polar surface area (TPSA) is 54.7 Å². The molecule has 1 N–H and O–H groups in total. The Morgan fingerprint density at radius 1 is 1.18 bits per heavy atom. The second-order valence-corrected chi connectivity index (χ2v) is 8.31. The van der Waals surface area contributed by atoms with Gasteiger partial charge in [0, 0.05) is 28.6 Å². The molecule has 5 nitrogen and oxygen atoms in total. The number of hydrogen-bond donors (Lipinski definition) is 1. The van der Waals surface area contributed by atoms with E-state index in [1.54, 1.807) is 23.5 Å². The van der Waals surface area contributed by atoms with Gasteiger partial charge in [0.05, 0.1) is 25.5 Å². The minimum atomic E-state index is -0.256. The summed E-state index contributed by atoms with van der Waals surface area (Å²) in [7, 11) is 0. The fourth-order valence-electron chi connectivity index (χ4n) is 3.50. The molecule has 0 spiro atoms. The van der Waals surface area contributed by atoms with E-state index in [9.17, 15) is 4.79 Å². The summed E-state index contributed by atoms with van der Waals surface area (Å²) in [6.45, 7) is 5.00. The summed E-state index contributed by atoms with van der Waals surface area (Å²) in [5.74, 6) is 0.0330. The van der Waals surface area contributed by atoms with Crippen LogP contribution in [0.15, 0.2) is 53.1 Å². The Hall–Kier alpha value is -2.12. The molecule has 1 fully saturated rings. The molecule has 0 bridgehead atoms. The molecule has 3 aromatic rings. The Labute approximate surface area is 172 Å². The van der Waals surface area contributed by atoms with Crippen LogP contribution in [0.25, 0.3) is 0 Å². The number of anilines is 1. The van der Waals surface area contributed by atoms with Crippen LogP contribution >= 0.6 is 22.9 Å². The molecule has 1 saturated heterocycles. The number of nitrogens with one attached hydrogen (secondary N) is 1. The number of rotatable bonds is 5. The van der Waals surface area contributed by atoms with Gasteiger partial charge in [-0.25, -0.2) is 0 Å². The normalized spacial score (nSPS) is 16.1. The Kier molecular flexibility index (Phi) is 5.82. The van der Waals surface area contributed by atoms with Crippen molar-refractivity contribution in [1.29, 1.82) is 0 Å². The van der Waals surface area contributed by atoms with E-state index in [1.165, 1.54) is 6.26 Å². The molecule has 7 heteroatoms. The first-order valence-electron chi connectivity index (χ1n) is 9.15. The van der Waals surface area contributed by atoms with Crippen LogP contribution in [-0.4, -0.2) is 37.1 Å². The summed E-state index contributed by atoms with van der Waals surface area (Å²) in [5, 5.41) is 4.56. The predicted octanol–water partition coefficient (Wildman–Crippen LogP) is 4.98. The number of benzene rings is 1. The highest BCUT2D eigenvalue weighted by Crippen LogP contribution is 2.41. The molecule has 1 aromatic carbocycles. The molecular formula is C21H21ClN2O3S. The number of thiophene rings is 1. The zero-order valence-electron chi connectivity index (χ0n) is 15.5. The van der Waals surface area contributed by atoms with E-state index in [1.807, 2.05) is 31.2 Å². The maximum atomic E-state index is 12.6. The first-order chi connectivity index (χ1) is 13.6. The lowest BCUT2D eigenvalue weighted by Crippen LogP contribution is -2.39. The molecule has 1 amide bonds. The molecule has 0 aliphatic carbocycles. The average molecular weight is 417 g/mol. The third-order valence-electron chi connectivity index (χ3n) is 4.76. The average Bonchev–Trinajstić information content (AvgIpc) is 3.35. The number of halogens is 1. The summed E-state index contributed by atoms with van der Waals surface area (Å²) >= 11 is 8.14.